The van der Waals surface area contributed by atoms with Crippen LogP contribution in [-0.2, 0) is 15.1 Å². The Morgan fingerprint density at radius 2 is 1.94 bits per heavy atom. The van der Waals surface area contributed by atoms with Gasteiger partial charge < -0.3 is 9.94 Å². The molecule has 0 saturated heterocycles. The Balaban J connectivity index is 1.24. The molecule has 31 heavy (non-hydrogen) atoms. The summed E-state index contributed by atoms with van der Waals surface area (Å²) in [4.78, 5) is 29.1. The number of amides is 1. The maximum Gasteiger partial charge on any atom is 0.339 e. The van der Waals surface area contributed by atoms with Gasteiger partial charge in [-0.25, -0.2) is 9.78 Å². The maximum absolute atomic E-state index is 12.7. The van der Waals surface area contributed by atoms with E-state index in [4.69, 9.17) is 4.74 Å². The largest absolute Gasteiger partial charge is 0.619 e. The highest BCUT2D eigenvalue weighted by Gasteiger charge is 2.50. The Morgan fingerprint density at radius 3 is 2.65 bits per heavy atom. The smallest absolute Gasteiger partial charge is 0.339 e. The van der Waals surface area contributed by atoms with E-state index in [9.17, 15) is 14.8 Å². The van der Waals surface area contributed by atoms with E-state index in [2.05, 4.69) is 20.5 Å². The van der Waals surface area contributed by atoms with E-state index in [1.807, 2.05) is 30.3 Å². The summed E-state index contributed by atoms with van der Waals surface area (Å²) in [6.07, 6.45) is 6.23. The van der Waals surface area contributed by atoms with Crippen molar-refractivity contribution in [2.45, 2.75) is 31.3 Å². The molecule has 1 fully saturated rings. The van der Waals surface area contributed by atoms with E-state index in [-0.39, 0.29) is 17.8 Å². The van der Waals surface area contributed by atoms with Gasteiger partial charge in [0.05, 0.1) is 17.3 Å². The maximum atomic E-state index is 12.7. The third-order valence-electron chi connectivity index (χ3n) is 5.96. The van der Waals surface area contributed by atoms with Crippen molar-refractivity contribution in [3.05, 3.63) is 71.3 Å². The van der Waals surface area contributed by atoms with Crippen LogP contribution in [0.1, 0.15) is 41.6 Å². The zero-order valence-corrected chi connectivity index (χ0v) is 16.5. The van der Waals surface area contributed by atoms with Crippen molar-refractivity contribution in [3.8, 4) is 11.3 Å². The van der Waals surface area contributed by atoms with Crippen LogP contribution in [0.15, 0.2) is 55.0 Å². The molecule has 1 saturated carbocycles. The van der Waals surface area contributed by atoms with E-state index in [1.54, 1.807) is 6.20 Å². The summed E-state index contributed by atoms with van der Waals surface area (Å²) in [7, 11) is 0. The van der Waals surface area contributed by atoms with Crippen LogP contribution < -0.4 is 10.0 Å². The molecule has 2 aliphatic rings. The quantitative estimate of drug-likeness (QED) is 0.394. The minimum atomic E-state index is -0.827. The minimum Gasteiger partial charge on any atom is -0.619 e. The van der Waals surface area contributed by atoms with Crippen LogP contribution in [-0.4, -0.2) is 27.1 Å². The molecule has 0 atom stereocenters. The van der Waals surface area contributed by atoms with Gasteiger partial charge in [0.1, 0.15) is 11.3 Å². The van der Waals surface area contributed by atoms with Crippen LogP contribution in [0.25, 0.3) is 11.3 Å². The lowest BCUT2D eigenvalue weighted by Gasteiger charge is -2.35. The summed E-state index contributed by atoms with van der Waals surface area (Å²) in [6, 6.07) is 11.0. The Bertz CT molecular complexity index is 1140. The average Bonchev–Trinajstić information content (AvgIpc) is 3.05. The second kappa shape index (κ2) is 7.42. The zero-order chi connectivity index (χ0) is 21.4. The number of esters is 1. The van der Waals surface area contributed by atoms with Crippen LogP contribution in [0.4, 0.5) is 5.95 Å². The molecule has 5 rings (SSSR count). The van der Waals surface area contributed by atoms with Crippen molar-refractivity contribution in [1.82, 2.24) is 15.2 Å². The predicted octanol–water partition coefficient (Wildman–Crippen LogP) is 2.37. The second-order valence-corrected chi connectivity index (χ2v) is 7.81. The van der Waals surface area contributed by atoms with Gasteiger partial charge in [0.25, 0.3) is 0 Å². The Hall–Kier alpha value is -3.88. The molecular formula is C22H19N5O4. The molecule has 2 aromatic heterocycles. The lowest BCUT2D eigenvalue weighted by atomic mass is 9.75. The number of fused-ring (bicyclic) bond motifs is 2. The van der Waals surface area contributed by atoms with Crippen LogP contribution >= 0.6 is 0 Å². The van der Waals surface area contributed by atoms with E-state index < -0.39 is 11.6 Å². The number of aromatic nitrogens is 4. The lowest BCUT2D eigenvalue weighted by Crippen LogP contribution is -2.37. The molecule has 0 radical (unpaired) electrons. The highest BCUT2D eigenvalue weighted by Crippen LogP contribution is 2.47. The van der Waals surface area contributed by atoms with Gasteiger partial charge in [-0.1, -0.05) is 30.3 Å². The predicted molar refractivity (Wildman–Crippen MR) is 108 cm³/mol. The Morgan fingerprint density at radius 1 is 1.16 bits per heavy atom. The van der Waals surface area contributed by atoms with Gasteiger partial charge in [0.2, 0.25) is 11.9 Å². The molecule has 156 valence electrons. The van der Waals surface area contributed by atoms with Crippen molar-refractivity contribution in [1.29, 1.82) is 0 Å². The molecule has 1 N–H and O–H groups in total. The van der Waals surface area contributed by atoms with Crippen molar-refractivity contribution >= 4 is 17.8 Å². The molecule has 1 amide bonds. The van der Waals surface area contributed by atoms with Crippen molar-refractivity contribution < 1.29 is 19.1 Å². The van der Waals surface area contributed by atoms with Gasteiger partial charge in [0, 0.05) is 17.5 Å². The molecule has 3 aromatic rings. The average molecular weight is 417 g/mol. The lowest BCUT2D eigenvalue weighted by molar-refractivity contribution is -0.606. The first kappa shape index (κ1) is 19.1. The van der Waals surface area contributed by atoms with Gasteiger partial charge in [-0.2, -0.15) is 4.73 Å². The van der Waals surface area contributed by atoms with E-state index >= 15 is 0 Å². The van der Waals surface area contributed by atoms with Crippen LogP contribution in [0.2, 0.25) is 0 Å². The molecule has 1 aliphatic heterocycles. The van der Waals surface area contributed by atoms with E-state index in [1.165, 1.54) is 18.5 Å². The summed E-state index contributed by atoms with van der Waals surface area (Å²) in [5.74, 6) is -0.735. The van der Waals surface area contributed by atoms with Crippen LogP contribution in [0.5, 0.6) is 0 Å². The zero-order valence-electron chi connectivity index (χ0n) is 16.5. The SMILES string of the molecule is O=C1OC2(CCC(C(=O)Nc3ncc(-c4ccccc4)nn3)CC2)c2c[n+]([O-])ccc21. The fourth-order valence-corrected chi connectivity index (χ4v) is 4.31. The number of hydrogen-bond donors (Lipinski definition) is 1. The minimum absolute atomic E-state index is 0.148. The molecule has 0 bridgehead atoms. The number of pyridine rings is 1. The topological polar surface area (TPSA) is 121 Å². The molecular weight excluding hydrogens is 398 g/mol. The highest BCUT2D eigenvalue weighted by atomic mass is 16.6. The first-order chi connectivity index (χ1) is 15.0. The summed E-state index contributed by atoms with van der Waals surface area (Å²) in [5, 5.41) is 22.6. The highest BCUT2D eigenvalue weighted by molar-refractivity contribution is 5.94. The molecule has 3 heterocycles. The first-order valence-electron chi connectivity index (χ1n) is 10.1. The molecule has 9 nitrogen and oxygen atoms in total. The van der Waals surface area contributed by atoms with E-state index in [0.717, 1.165) is 5.56 Å². The summed E-state index contributed by atoms with van der Waals surface area (Å²) in [5.41, 5.74) is 1.72. The van der Waals surface area contributed by atoms with Crippen molar-refractivity contribution in [2.24, 2.45) is 5.92 Å². The molecule has 1 aromatic carbocycles. The van der Waals surface area contributed by atoms with Crippen molar-refractivity contribution in [3.63, 3.8) is 0 Å². The number of anilines is 1. The first-order valence-corrected chi connectivity index (χ1v) is 10.1. The number of nitrogens with zero attached hydrogens (tertiary/aromatic N) is 4. The molecule has 1 spiro atoms. The molecule has 9 heteroatoms. The van der Waals surface area contributed by atoms with Gasteiger partial charge in [-0.15, -0.1) is 10.2 Å². The van der Waals surface area contributed by atoms with Crippen molar-refractivity contribution in [2.75, 3.05) is 5.32 Å². The van der Waals surface area contributed by atoms with E-state index in [0.29, 0.717) is 47.2 Å². The standard InChI is InChI=1S/C22H19N5O4/c28-19(24-21-23-12-18(25-26-21)14-4-2-1-3-5-14)15-6-9-22(10-7-15)17-13-27(30)11-8-16(17)20(29)31-22/h1-5,8,11-13,15H,6-7,9-10H2,(H,23,24,26,28). The Labute approximate surface area is 177 Å². The third-order valence-corrected chi connectivity index (χ3v) is 5.96. The van der Waals surface area contributed by atoms with Gasteiger partial charge in [-0.05, 0) is 25.7 Å². The normalized spacial score (nSPS) is 22.1. The fourth-order valence-electron chi connectivity index (χ4n) is 4.31. The number of carbonyl (C=O) groups excluding carboxylic acids is 2. The van der Waals surface area contributed by atoms with Crippen LogP contribution in [0, 0.1) is 11.1 Å². The number of carbonyl (C=O) groups is 2. The molecule has 0 unspecified atom stereocenters. The van der Waals surface area contributed by atoms with Gasteiger partial charge in [0.15, 0.2) is 12.4 Å². The molecule has 1 aliphatic carbocycles. The third kappa shape index (κ3) is 3.48. The summed E-state index contributed by atoms with van der Waals surface area (Å²) in [6.45, 7) is 0. The van der Waals surface area contributed by atoms with Gasteiger partial charge >= 0.3 is 5.97 Å². The number of hydrogen-bond acceptors (Lipinski definition) is 7. The monoisotopic (exact) mass is 417 g/mol. The number of ether oxygens (including phenoxy) is 1. The Kier molecular flexibility index (Phi) is 4.58. The second-order valence-electron chi connectivity index (χ2n) is 7.81. The van der Waals surface area contributed by atoms with Crippen LogP contribution in [0.3, 0.4) is 0 Å². The number of rotatable bonds is 3. The summed E-state index contributed by atoms with van der Waals surface area (Å²) < 4.78 is 6.33. The number of benzene rings is 1. The number of nitrogens with one attached hydrogen (secondary N) is 1. The van der Waals surface area contributed by atoms with Gasteiger partial charge in [-0.3, -0.25) is 10.1 Å². The fraction of sp³-hybridized carbons (Fsp3) is 0.273. The summed E-state index contributed by atoms with van der Waals surface area (Å²) >= 11 is 0.